The Balaban J connectivity index is 2.19. The number of nitrogens with zero attached hydrogens (tertiary/aromatic N) is 1. The predicted octanol–water partition coefficient (Wildman–Crippen LogP) is 6.05. The van der Waals surface area contributed by atoms with Gasteiger partial charge in [-0.2, -0.15) is 0 Å². The molecule has 0 heterocycles. The van der Waals surface area contributed by atoms with Crippen molar-refractivity contribution in [2.75, 3.05) is 4.90 Å². The number of hydrogen-bond acceptors (Lipinski definition) is 1. The summed E-state index contributed by atoms with van der Waals surface area (Å²) in [7, 11) is 0. The maximum absolute atomic E-state index is 14.3. The van der Waals surface area contributed by atoms with E-state index in [1.807, 2.05) is 31.2 Å². The Labute approximate surface area is 134 Å². The highest BCUT2D eigenvalue weighted by atomic mass is 19.1. The summed E-state index contributed by atoms with van der Waals surface area (Å²) in [6.07, 6.45) is 0. The van der Waals surface area contributed by atoms with Crippen LogP contribution in [0.15, 0.2) is 66.7 Å². The molecule has 0 spiro atoms. The Morgan fingerprint density at radius 2 is 1.35 bits per heavy atom. The number of para-hydroxylation sites is 1. The van der Waals surface area contributed by atoms with E-state index in [-0.39, 0.29) is 11.6 Å². The molecule has 0 aromatic heterocycles. The molecule has 3 aromatic rings. The lowest BCUT2D eigenvalue weighted by molar-refractivity contribution is 0.617. The predicted molar refractivity (Wildman–Crippen MR) is 90.5 cm³/mol. The number of hydrogen-bond donors (Lipinski definition) is 0. The quantitative estimate of drug-likeness (QED) is 0.569. The Morgan fingerprint density at radius 1 is 0.696 bits per heavy atom. The van der Waals surface area contributed by atoms with Crippen LogP contribution in [0.2, 0.25) is 0 Å². The number of halogens is 2. The highest BCUT2D eigenvalue weighted by Crippen LogP contribution is 2.36. The molecule has 0 saturated carbocycles. The third-order valence-electron chi connectivity index (χ3n) is 3.80. The van der Waals surface area contributed by atoms with Crippen LogP contribution in [0.4, 0.5) is 25.8 Å². The van der Waals surface area contributed by atoms with Crippen LogP contribution in [0.25, 0.3) is 0 Å². The summed E-state index contributed by atoms with van der Waals surface area (Å²) in [4.78, 5) is 1.72. The average molecular weight is 309 g/mol. The van der Waals surface area contributed by atoms with Gasteiger partial charge >= 0.3 is 0 Å². The van der Waals surface area contributed by atoms with E-state index in [4.69, 9.17) is 0 Å². The number of rotatable bonds is 3. The SMILES string of the molecule is Cc1ccc(N(c2ccc(C)c(F)c2)c2ccccc2F)cc1. The minimum absolute atomic E-state index is 0.309. The molecule has 0 bridgehead atoms. The molecule has 0 aliphatic rings. The first-order valence-electron chi connectivity index (χ1n) is 7.44. The van der Waals surface area contributed by atoms with Gasteiger partial charge in [-0.15, -0.1) is 0 Å². The van der Waals surface area contributed by atoms with E-state index >= 15 is 0 Å². The lowest BCUT2D eigenvalue weighted by Crippen LogP contribution is -2.12. The second-order valence-electron chi connectivity index (χ2n) is 5.56. The molecule has 0 atom stereocenters. The monoisotopic (exact) mass is 309 g/mol. The summed E-state index contributed by atoms with van der Waals surface area (Å²) in [5.41, 5.74) is 3.43. The molecule has 0 unspecified atom stereocenters. The van der Waals surface area contributed by atoms with Gasteiger partial charge in [0.2, 0.25) is 0 Å². The summed E-state index contributed by atoms with van der Waals surface area (Å²) in [5, 5.41) is 0. The van der Waals surface area contributed by atoms with E-state index in [9.17, 15) is 8.78 Å². The van der Waals surface area contributed by atoms with E-state index in [0.717, 1.165) is 11.3 Å². The smallest absolute Gasteiger partial charge is 0.147 e. The summed E-state index contributed by atoms with van der Waals surface area (Å²) < 4.78 is 28.3. The van der Waals surface area contributed by atoms with Gasteiger partial charge in [-0.25, -0.2) is 8.78 Å². The number of aryl methyl sites for hydroxylation is 2. The van der Waals surface area contributed by atoms with Crippen LogP contribution in [0, 0.1) is 25.5 Å². The van der Waals surface area contributed by atoms with Gasteiger partial charge in [0.05, 0.1) is 5.69 Å². The number of anilines is 3. The maximum atomic E-state index is 14.3. The standard InChI is InChI=1S/C20H17F2N/c1-14-7-10-16(11-8-14)23(20-6-4-3-5-18(20)21)17-12-9-15(2)19(22)13-17/h3-13H,1-2H3. The highest BCUT2D eigenvalue weighted by molar-refractivity contribution is 5.76. The van der Waals surface area contributed by atoms with Gasteiger partial charge in [0.15, 0.2) is 0 Å². The van der Waals surface area contributed by atoms with Gasteiger partial charge in [-0.05, 0) is 55.8 Å². The molecule has 0 saturated heterocycles. The Hall–Kier alpha value is -2.68. The van der Waals surface area contributed by atoms with Gasteiger partial charge in [-0.1, -0.05) is 35.9 Å². The molecule has 0 aliphatic carbocycles. The average Bonchev–Trinajstić information content (AvgIpc) is 2.54. The topological polar surface area (TPSA) is 3.24 Å². The summed E-state index contributed by atoms with van der Waals surface area (Å²) >= 11 is 0. The van der Waals surface area contributed by atoms with E-state index in [1.165, 1.54) is 12.1 Å². The molecule has 1 nitrogen and oxygen atoms in total. The van der Waals surface area contributed by atoms with Gasteiger partial charge in [-0.3, -0.25) is 0 Å². The third kappa shape index (κ3) is 3.09. The van der Waals surface area contributed by atoms with Gasteiger partial charge < -0.3 is 4.90 Å². The van der Waals surface area contributed by atoms with Crippen LogP contribution in [0.5, 0.6) is 0 Å². The summed E-state index contributed by atoms with van der Waals surface area (Å²) in [6, 6.07) is 19.1. The first-order valence-corrected chi connectivity index (χ1v) is 7.44. The molecule has 0 N–H and O–H groups in total. The Kier molecular flexibility index (Phi) is 4.11. The van der Waals surface area contributed by atoms with Crippen molar-refractivity contribution in [2.24, 2.45) is 0 Å². The molecule has 3 rings (SSSR count). The largest absolute Gasteiger partial charge is 0.308 e. The van der Waals surface area contributed by atoms with Crippen LogP contribution < -0.4 is 4.90 Å². The van der Waals surface area contributed by atoms with Crippen molar-refractivity contribution < 1.29 is 8.78 Å². The second-order valence-corrected chi connectivity index (χ2v) is 5.56. The van der Waals surface area contributed by atoms with E-state index in [2.05, 4.69) is 0 Å². The van der Waals surface area contributed by atoms with Crippen molar-refractivity contribution in [3.63, 3.8) is 0 Å². The van der Waals surface area contributed by atoms with E-state index in [1.54, 1.807) is 42.2 Å². The molecule has 0 fully saturated rings. The molecule has 0 aliphatic heterocycles. The summed E-state index contributed by atoms with van der Waals surface area (Å²) in [6.45, 7) is 3.70. The van der Waals surface area contributed by atoms with Crippen molar-refractivity contribution >= 4 is 17.1 Å². The van der Waals surface area contributed by atoms with E-state index in [0.29, 0.717) is 16.9 Å². The minimum atomic E-state index is -0.353. The van der Waals surface area contributed by atoms with E-state index < -0.39 is 0 Å². The molecule has 116 valence electrons. The molecule has 0 radical (unpaired) electrons. The Bertz CT molecular complexity index is 825. The van der Waals surface area contributed by atoms with Gasteiger partial charge in [0, 0.05) is 11.4 Å². The first-order chi connectivity index (χ1) is 11.1. The molecule has 23 heavy (non-hydrogen) atoms. The summed E-state index contributed by atoms with van der Waals surface area (Å²) in [5.74, 6) is -0.662. The van der Waals surface area contributed by atoms with Crippen LogP contribution in [0.1, 0.15) is 11.1 Å². The van der Waals surface area contributed by atoms with Gasteiger partial charge in [0.1, 0.15) is 11.6 Å². The van der Waals surface area contributed by atoms with Crippen LogP contribution in [-0.4, -0.2) is 0 Å². The Morgan fingerprint density at radius 3 is 2.00 bits per heavy atom. The number of benzene rings is 3. The lowest BCUT2D eigenvalue weighted by atomic mass is 10.1. The normalized spacial score (nSPS) is 10.6. The highest BCUT2D eigenvalue weighted by Gasteiger charge is 2.16. The minimum Gasteiger partial charge on any atom is -0.308 e. The van der Waals surface area contributed by atoms with Gasteiger partial charge in [0.25, 0.3) is 0 Å². The zero-order valence-corrected chi connectivity index (χ0v) is 13.1. The third-order valence-corrected chi connectivity index (χ3v) is 3.80. The molecule has 0 amide bonds. The zero-order valence-electron chi connectivity index (χ0n) is 13.1. The maximum Gasteiger partial charge on any atom is 0.147 e. The van der Waals surface area contributed by atoms with Crippen molar-refractivity contribution in [3.05, 3.63) is 89.5 Å². The zero-order chi connectivity index (χ0) is 16.4. The van der Waals surface area contributed by atoms with Crippen molar-refractivity contribution in [2.45, 2.75) is 13.8 Å². The second kappa shape index (κ2) is 6.21. The van der Waals surface area contributed by atoms with Crippen LogP contribution in [-0.2, 0) is 0 Å². The molecule has 3 aromatic carbocycles. The van der Waals surface area contributed by atoms with Crippen molar-refractivity contribution in [1.29, 1.82) is 0 Å². The van der Waals surface area contributed by atoms with Crippen LogP contribution in [0.3, 0.4) is 0 Å². The van der Waals surface area contributed by atoms with Crippen molar-refractivity contribution in [1.82, 2.24) is 0 Å². The fourth-order valence-corrected chi connectivity index (χ4v) is 2.48. The molecular formula is C20H17F2N. The van der Waals surface area contributed by atoms with Crippen molar-refractivity contribution in [3.8, 4) is 0 Å². The lowest BCUT2D eigenvalue weighted by Gasteiger charge is -2.26. The molecular weight excluding hydrogens is 292 g/mol. The first kappa shape index (κ1) is 15.2. The van der Waals surface area contributed by atoms with Crippen LogP contribution >= 0.6 is 0 Å². The molecule has 3 heteroatoms. The fraction of sp³-hybridized carbons (Fsp3) is 0.100. The fourth-order valence-electron chi connectivity index (χ4n) is 2.48.